The number of aliphatic hydroxyl groups excluding tert-OH is 1. The third kappa shape index (κ3) is 2.92. The van der Waals surface area contributed by atoms with Gasteiger partial charge in [0.2, 0.25) is 0 Å². The Kier molecular flexibility index (Phi) is 4.76. The van der Waals surface area contributed by atoms with Gasteiger partial charge in [0.15, 0.2) is 0 Å². The van der Waals surface area contributed by atoms with Gasteiger partial charge >= 0.3 is 149 Å². The fraction of sp³-hybridized carbons (Fsp3) is 0.778. The van der Waals surface area contributed by atoms with Crippen LogP contribution >= 0.6 is 7.49 Å². The van der Waals surface area contributed by atoms with Crippen molar-refractivity contribution in [3.8, 4) is 0 Å². The van der Waals surface area contributed by atoms with Crippen LogP contribution in [0.5, 0.6) is 0 Å². The van der Waals surface area contributed by atoms with Crippen LogP contribution in [0.15, 0.2) is 12.2 Å². The molecule has 0 radical (unpaired) electrons. The molecule has 2 saturated heterocycles. The van der Waals surface area contributed by atoms with Crippen molar-refractivity contribution < 1.29 is 24.0 Å². The van der Waals surface area contributed by atoms with E-state index in [2.05, 4.69) is 25.3 Å². The molecule has 0 unspecified atom stereocenters. The molecule has 2 heterocycles. The second-order valence-electron chi connectivity index (χ2n) is 8.56. The van der Waals surface area contributed by atoms with Crippen LogP contribution in [0.3, 0.4) is 0 Å². The quantitative estimate of drug-likeness (QED) is 0.420. The Morgan fingerprint density at radius 3 is 2.72 bits per heavy atom. The maximum atomic E-state index is 12.6. The van der Waals surface area contributed by atoms with Crippen LogP contribution in [0, 0.1) is 11.8 Å². The molecular weight excluding hydrogens is 341 g/mol. The van der Waals surface area contributed by atoms with Crippen molar-refractivity contribution in [3.05, 3.63) is 12.2 Å². The second-order valence-corrected chi connectivity index (χ2v) is 13.1. The van der Waals surface area contributed by atoms with Crippen LogP contribution in [0.1, 0.15) is 32.6 Å². The Bertz CT molecular complexity index is 601. The topological polar surface area (TPSA) is 84.9 Å². The van der Waals surface area contributed by atoms with E-state index in [-0.39, 0.29) is 11.8 Å². The van der Waals surface area contributed by atoms with Crippen molar-refractivity contribution in [1.29, 1.82) is 0 Å². The average molecular weight is 371 g/mol. The first-order valence-corrected chi connectivity index (χ1v) is 12.6. The summed E-state index contributed by atoms with van der Waals surface area (Å²) in [5.41, 5.74) is -2.35. The molecule has 6 nitrogen and oxygen atoms in total. The van der Waals surface area contributed by atoms with E-state index in [9.17, 15) is 14.7 Å². The molecule has 25 heavy (non-hydrogen) atoms. The molecule has 7 heteroatoms. The first-order valence-electron chi connectivity index (χ1n) is 9.16. The molecule has 1 aliphatic carbocycles. The molecule has 0 aromatic rings. The van der Waals surface area contributed by atoms with Crippen molar-refractivity contribution in [3.63, 3.8) is 0 Å². The maximum absolute atomic E-state index is 12.6. The average Bonchev–Trinajstić information content (AvgIpc) is 2.71. The molecule has 3 aliphatic rings. The molecule has 2 N–H and O–H groups in total. The van der Waals surface area contributed by atoms with Crippen molar-refractivity contribution >= 4 is 19.4 Å². The Labute approximate surface area is 149 Å². The molecule has 0 aromatic carbocycles. The number of hydrogen-bond donors (Lipinski definition) is 2. The minimum atomic E-state index is -1.68. The van der Waals surface area contributed by atoms with Gasteiger partial charge in [-0.25, -0.2) is 0 Å². The summed E-state index contributed by atoms with van der Waals surface area (Å²) in [5.74, 6) is -1.39. The predicted molar refractivity (Wildman–Crippen MR) is 98.0 cm³/mol. The van der Waals surface area contributed by atoms with Crippen molar-refractivity contribution in [2.75, 3.05) is 26.6 Å². The molecular formula is C18H30NO5P. The Morgan fingerprint density at radius 1 is 1.44 bits per heavy atom. The molecule has 0 spiro atoms. The van der Waals surface area contributed by atoms with Gasteiger partial charge in [-0.1, -0.05) is 0 Å². The summed E-state index contributed by atoms with van der Waals surface area (Å²) < 4.78 is 11.4. The fourth-order valence-corrected chi connectivity index (χ4v) is 5.09. The number of carbonyl (C=O) groups excluding carboxylic acids is 2. The summed E-state index contributed by atoms with van der Waals surface area (Å²) >= 11 is 0. The summed E-state index contributed by atoms with van der Waals surface area (Å²) in [6.45, 7) is 8.50. The number of nitrogens with one attached hydrogen (secondary N) is 1. The van der Waals surface area contributed by atoms with Crippen LogP contribution < -0.4 is 5.32 Å². The van der Waals surface area contributed by atoms with Gasteiger partial charge in [-0.2, -0.15) is 0 Å². The number of amides is 1. The van der Waals surface area contributed by atoms with Gasteiger partial charge in [0, 0.05) is 0 Å². The monoisotopic (exact) mass is 371 g/mol. The molecule has 2 fully saturated rings. The molecule has 0 saturated carbocycles. The number of esters is 1. The van der Waals surface area contributed by atoms with Gasteiger partial charge in [0.05, 0.1) is 0 Å². The van der Waals surface area contributed by atoms with Gasteiger partial charge in [-0.05, 0) is 0 Å². The van der Waals surface area contributed by atoms with Crippen LogP contribution in [0.25, 0.3) is 0 Å². The molecule has 3 rings (SSSR count). The summed E-state index contributed by atoms with van der Waals surface area (Å²) in [6, 6.07) is 0. The van der Waals surface area contributed by atoms with Gasteiger partial charge in [0.1, 0.15) is 0 Å². The zero-order valence-corrected chi connectivity index (χ0v) is 16.5. The van der Waals surface area contributed by atoms with Crippen LogP contribution in [0.2, 0.25) is 0 Å². The van der Waals surface area contributed by atoms with E-state index in [0.717, 1.165) is 19.3 Å². The zero-order chi connectivity index (χ0) is 18.5. The van der Waals surface area contributed by atoms with Crippen molar-refractivity contribution in [2.45, 2.75) is 49.9 Å². The third-order valence-corrected chi connectivity index (χ3v) is 6.86. The van der Waals surface area contributed by atoms with Crippen LogP contribution in [0.4, 0.5) is 0 Å². The van der Waals surface area contributed by atoms with E-state index >= 15 is 0 Å². The number of allylic oxidation sites excluding steroid dienone is 1. The summed E-state index contributed by atoms with van der Waals surface area (Å²) in [5, 5.41) is 13.8. The minimum absolute atomic E-state index is 0.141. The first kappa shape index (κ1) is 18.8. The number of hydrogen-bond acceptors (Lipinski definition) is 5. The zero-order valence-electron chi connectivity index (χ0n) is 15.5. The number of fused-ring (bicyclic) bond motifs is 1. The van der Waals surface area contributed by atoms with Crippen molar-refractivity contribution in [2.24, 2.45) is 11.8 Å². The van der Waals surface area contributed by atoms with E-state index in [1.807, 2.05) is 12.2 Å². The van der Waals surface area contributed by atoms with Gasteiger partial charge in [-0.3, -0.25) is 0 Å². The predicted octanol–water partition coefficient (Wildman–Crippen LogP) is 1.46. The standard InChI is InChI=1S/C18H30NO5P/c1-17-13(10-11-23-25(2,3)4)15(21)19-18(17,16(22)24-17)14(20)12-8-6-5-7-9-12/h6,8,12-14,20,25H,5,7,9-11H2,1-4H3,(H,19,21)/t12-,13+,14+,17+,18+/m1/s1. The normalized spacial score (nSPS) is 39.2. The summed E-state index contributed by atoms with van der Waals surface area (Å²) in [6.07, 6.45) is 6.27. The summed E-state index contributed by atoms with van der Waals surface area (Å²) in [7, 11) is -1.68. The fourth-order valence-electron chi connectivity index (χ4n) is 4.36. The van der Waals surface area contributed by atoms with Crippen LogP contribution in [-0.4, -0.2) is 60.8 Å². The Morgan fingerprint density at radius 2 is 2.16 bits per heavy atom. The number of rotatable bonds is 6. The molecule has 2 aliphatic heterocycles. The van der Waals surface area contributed by atoms with E-state index in [1.54, 1.807) is 6.92 Å². The number of carbonyl (C=O) groups is 2. The van der Waals surface area contributed by atoms with E-state index in [4.69, 9.17) is 9.26 Å². The molecule has 0 bridgehead atoms. The van der Waals surface area contributed by atoms with Gasteiger partial charge in [-0.15, -0.1) is 0 Å². The molecule has 1 amide bonds. The number of aliphatic hydroxyl groups is 1. The van der Waals surface area contributed by atoms with E-state index in [0.29, 0.717) is 13.0 Å². The SMILES string of the molecule is C[C@@]12OC(=O)[C@]1([C@@H](O)[C@@H]1C=CCCC1)NC(=O)[C@@H]2CCO[PH](C)(C)C. The summed E-state index contributed by atoms with van der Waals surface area (Å²) in [4.78, 5) is 25.0. The number of ether oxygens (including phenoxy) is 1. The van der Waals surface area contributed by atoms with E-state index < -0.39 is 36.6 Å². The molecule has 0 aromatic heterocycles. The Balaban J connectivity index is 1.80. The third-order valence-electron chi connectivity index (χ3n) is 5.79. The van der Waals surface area contributed by atoms with E-state index in [1.165, 1.54) is 0 Å². The van der Waals surface area contributed by atoms with Crippen LogP contribution in [-0.2, 0) is 18.8 Å². The second kappa shape index (κ2) is 6.33. The van der Waals surface area contributed by atoms with Crippen molar-refractivity contribution in [1.82, 2.24) is 5.32 Å². The first-order chi connectivity index (χ1) is 11.6. The molecule has 5 atom stereocenters. The van der Waals surface area contributed by atoms with Gasteiger partial charge in [0.25, 0.3) is 0 Å². The Hall–Kier alpha value is -0.970. The molecule has 142 valence electrons. The van der Waals surface area contributed by atoms with Gasteiger partial charge < -0.3 is 0 Å².